The summed E-state index contributed by atoms with van der Waals surface area (Å²) in [4.78, 5) is 0. The summed E-state index contributed by atoms with van der Waals surface area (Å²) in [6.07, 6.45) is 4.09. The Morgan fingerprint density at radius 2 is 1.86 bits per heavy atom. The molecular weight excluding hydrogens is 172 g/mol. The lowest BCUT2D eigenvalue weighted by Gasteiger charge is -2.08. The first-order valence-corrected chi connectivity index (χ1v) is 5.19. The van der Waals surface area contributed by atoms with E-state index >= 15 is 0 Å². The molecule has 1 nitrogen and oxygen atoms in total. The molecule has 76 valence electrons. The van der Waals surface area contributed by atoms with Crippen molar-refractivity contribution in [1.82, 2.24) is 0 Å². The van der Waals surface area contributed by atoms with Crippen molar-refractivity contribution in [3.8, 4) is 5.75 Å². The zero-order valence-electron chi connectivity index (χ0n) is 9.21. The summed E-state index contributed by atoms with van der Waals surface area (Å²) in [5.74, 6) is 1.98. The van der Waals surface area contributed by atoms with Crippen LogP contribution in [0.2, 0.25) is 0 Å². The molecule has 0 heterocycles. The van der Waals surface area contributed by atoms with Crippen molar-refractivity contribution in [2.24, 2.45) is 0 Å². The van der Waals surface area contributed by atoms with Crippen molar-refractivity contribution in [3.63, 3.8) is 0 Å². The van der Waals surface area contributed by atoms with Gasteiger partial charge in [-0.1, -0.05) is 31.5 Å². The molecule has 0 bridgehead atoms. The van der Waals surface area contributed by atoms with Crippen molar-refractivity contribution in [3.05, 3.63) is 41.7 Å². The Labute approximate surface area is 86.4 Å². The van der Waals surface area contributed by atoms with Crippen LogP contribution in [-0.2, 0) is 0 Å². The standard InChI is InChI=1S/C13H18O/c1-4-6-12(5-2)14-13-9-7-11(3)8-10-13/h6-10H,4-5H2,1-3H3/b12-6-. The van der Waals surface area contributed by atoms with Gasteiger partial charge in [0, 0.05) is 6.42 Å². The van der Waals surface area contributed by atoms with Crippen molar-refractivity contribution in [2.75, 3.05) is 0 Å². The van der Waals surface area contributed by atoms with Crippen molar-refractivity contribution < 1.29 is 4.74 Å². The Kier molecular flexibility index (Phi) is 4.24. The molecule has 0 aromatic heterocycles. The van der Waals surface area contributed by atoms with E-state index in [9.17, 15) is 0 Å². The molecule has 0 radical (unpaired) electrons. The molecule has 0 N–H and O–H groups in total. The van der Waals surface area contributed by atoms with E-state index in [0.717, 1.165) is 24.4 Å². The molecule has 0 amide bonds. The molecule has 14 heavy (non-hydrogen) atoms. The Hall–Kier alpha value is -1.24. The maximum Gasteiger partial charge on any atom is 0.126 e. The second-order valence-corrected chi connectivity index (χ2v) is 3.35. The molecule has 0 unspecified atom stereocenters. The van der Waals surface area contributed by atoms with Gasteiger partial charge in [-0.15, -0.1) is 0 Å². The second-order valence-electron chi connectivity index (χ2n) is 3.35. The summed E-state index contributed by atoms with van der Waals surface area (Å²) < 4.78 is 5.72. The fourth-order valence-electron chi connectivity index (χ4n) is 1.24. The molecule has 0 atom stereocenters. The molecule has 1 aromatic rings. The smallest absolute Gasteiger partial charge is 0.126 e. The lowest BCUT2D eigenvalue weighted by molar-refractivity contribution is 0.407. The van der Waals surface area contributed by atoms with Crippen molar-refractivity contribution in [2.45, 2.75) is 33.6 Å². The third-order valence-electron chi connectivity index (χ3n) is 2.05. The third kappa shape index (κ3) is 3.25. The van der Waals surface area contributed by atoms with Crippen LogP contribution >= 0.6 is 0 Å². The van der Waals surface area contributed by atoms with Gasteiger partial charge in [-0.2, -0.15) is 0 Å². The quantitative estimate of drug-likeness (QED) is 0.650. The van der Waals surface area contributed by atoms with Crippen LogP contribution in [0, 0.1) is 6.92 Å². The van der Waals surface area contributed by atoms with E-state index in [1.807, 2.05) is 12.1 Å². The number of hydrogen-bond donors (Lipinski definition) is 0. The minimum atomic E-state index is 0.928. The van der Waals surface area contributed by atoms with E-state index < -0.39 is 0 Å². The predicted molar refractivity (Wildman–Crippen MR) is 60.5 cm³/mol. The highest BCUT2D eigenvalue weighted by atomic mass is 16.5. The average Bonchev–Trinajstić information content (AvgIpc) is 2.20. The average molecular weight is 190 g/mol. The molecule has 0 aliphatic rings. The number of aryl methyl sites for hydroxylation is 1. The van der Waals surface area contributed by atoms with E-state index in [0.29, 0.717) is 0 Å². The molecular formula is C13H18O. The Balaban J connectivity index is 2.67. The topological polar surface area (TPSA) is 9.23 Å². The first-order chi connectivity index (χ1) is 6.76. The van der Waals surface area contributed by atoms with Crippen LogP contribution in [-0.4, -0.2) is 0 Å². The largest absolute Gasteiger partial charge is 0.462 e. The van der Waals surface area contributed by atoms with Gasteiger partial charge < -0.3 is 4.74 Å². The zero-order valence-corrected chi connectivity index (χ0v) is 9.21. The van der Waals surface area contributed by atoms with Crippen LogP contribution in [0.4, 0.5) is 0 Å². The molecule has 0 aliphatic heterocycles. The van der Waals surface area contributed by atoms with E-state index in [1.54, 1.807) is 0 Å². The number of hydrogen-bond acceptors (Lipinski definition) is 1. The Morgan fingerprint density at radius 1 is 1.21 bits per heavy atom. The van der Waals surface area contributed by atoms with Crippen LogP contribution in [0.25, 0.3) is 0 Å². The van der Waals surface area contributed by atoms with Gasteiger partial charge in [0.25, 0.3) is 0 Å². The molecule has 0 fully saturated rings. The van der Waals surface area contributed by atoms with Gasteiger partial charge in [0.1, 0.15) is 5.75 Å². The van der Waals surface area contributed by atoms with Crippen molar-refractivity contribution >= 4 is 0 Å². The maximum atomic E-state index is 5.72. The molecule has 0 saturated heterocycles. The molecule has 1 heteroatoms. The first kappa shape index (κ1) is 10.8. The van der Waals surface area contributed by atoms with E-state index in [-0.39, 0.29) is 0 Å². The summed E-state index contributed by atoms with van der Waals surface area (Å²) >= 11 is 0. The van der Waals surface area contributed by atoms with E-state index in [4.69, 9.17) is 4.74 Å². The van der Waals surface area contributed by atoms with Crippen LogP contribution < -0.4 is 4.74 Å². The number of benzene rings is 1. The summed E-state index contributed by atoms with van der Waals surface area (Å²) in [6, 6.07) is 8.14. The fourth-order valence-corrected chi connectivity index (χ4v) is 1.24. The normalized spacial score (nSPS) is 11.5. The molecule has 0 aliphatic carbocycles. The highest BCUT2D eigenvalue weighted by molar-refractivity contribution is 5.27. The molecule has 1 rings (SSSR count). The molecule has 0 spiro atoms. The second kappa shape index (κ2) is 5.48. The predicted octanol–water partition coefficient (Wildman–Crippen LogP) is 4.08. The summed E-state index contributed by atoms with van der Waals surface area (Å²) in [5, 5.41) is 0. The molecule has 0 saturated carbocycles. The van der Waals surface area contributed by atoms with Crippen LogP contribution in [0.1, 0.15) is 32.3 Å². The van der Waals surface area contributed by atoms with Gasteiger partial charge >= 0.3 is 0 Å². The van der Waals surface area contributed by atoms with Crippen LogP contribution in [0.3, 0.4) is 0 Å². The van der Waals surface area contributed by atoms with Gasteiger partial charge in [0.15, 0.2) is 0 Å². The van der Waals surface area contributed by atoms with E-state index in [1.165, 1.54) is 5.56 Å². The minimum absolute atomic E-state index is 0.928. The van der Waals surface area contributed by atoms with Gasteiger partial charge in [0.2, 0.25) is 0 Å². The summed E-state index contributed by atoms with van der Waals surface area (Å²) in [7, 11) is 0. The SMILES string of the molecule is CC/C=C(/CC)Oc1ccc(C)cc1. The van der Waals surface area contributed by atoms with E-state index in [2.05, 4.69) is 39.0 Å². The number of allylic oxidation sites excluding steroid dienone is 2. The highest BCUT2D eigenvalue weighted by Gasteiger charge is 1.96. The van der Waals surface area contributed by atoms with Gasteiger partial charge in [-0.3, -0.25) is 0 Å². The summed E-state index contributed by atoms with van der Waals surface area (Å²) in [5.41, 5.74) is 1.26. The number of ether oxygens (including phenoxy) is 1. The van der Waals surface area contributed by atoms with Gasteiger partial charge in [0.05, 0.1) is 5.76 Å². The maximum absolute atomic E-state index is 5.72. The van der Waals surface area contributed by atoms with Crippen LogP contribution in [0.5, 0.6) is 5.75 Å². The Morgan fingerprint density at radius 3 is 2.36 bits per heavy atom. The third-order valence-corrected chi connectivity index (χ3v) is 2.05. The van der Waals surface area contributed by atoms with Crippen molar-refractivity contribution in [1.29, 1.82) is 0 Å². The van der Waals surface area contributed by atoms with Crippen LogP contribution in [0.15, 0.2) is 36.1 Å². The zero-order chi connectivity index (χ0) is 10.4. The van der Waals surface area contributed by atoms with Gasteiger partial charge in [-0.05, 0) is 31.6 Å². The summed E-state index contributed by atoms with van der Waals surface area (Å²) in [6.45, 7) is 6.30. The monoisotopic (exact) mass is 190 g/mol. The minimum Gasteiger partial charge on any atom is -0.462 e. The molecule has 1 aromatic carbocycles. The number of rotatable bonds is 4. The lowest BCUT2D eigenvalue weighted by Crippen LogP contribution is -1.93. The first-order valence-electron chi connectivity index (χ1n) is 5.19. The fraction of sp³-hybridized carbons (Fsp3) is 0.385. The lowest BCUT2D eigenvalue weighted by atomic mass is 10.2. The Bertz CT molecular complexity index is 296. The van der Waals surface area contributed by atoms with Gasteiger partial charge in [-0.25, -0.2) is 0 Å². The highest BCUT2D eigenvalue weighted by Crippen LogP contribution is 2.16.